The molecule has 0 unspecified atom stereocenters. The van der Waals surface area contributed by atoms with Gasteiger partial charge in [0.1, 0.15) is 16.1 Å². The summed E-state index contributed by atoms with van der Waals surface area (Å²) in [5.74, 6) is -1.21. The number of benzene rings is 2. The Morgan fingerprint density at radius 2 is 1.87 bits per heavy atom. The lowest BCUT2D eigenvalue weighted by Gasteiger charge is -2.11. The predicted octanol–water partition coefficient (Wildman–Crippen LogP) is 5.76. The molecule has 1 amide bonds. The van der Waals surface area contributed by atoms with E-state index in [1.54, 1.807) is 11.4 Å². The standard InChI is InChI=1S/C23H22N2O5S/c1-4-11-30-23(27)20-18(17-12-14(2)9-10-15(17)3)13-31-22(20)24-21(26)16-7-5-6-8-19(16)25(28)29/h5-10,12-13H,4,11H2,1-3H3,(H,24,26). The Hall–Kier alpha value is -3.52. The minimum Gasteiger partial charge on any atom is -0.462 e. The zero-order valence-electron chi connectivity index (χ0n) is 17.4. The molecular weight excluding hydrogens is 416 g/mol. The normalized spacial score (nSPS) is 10.5. The highest BCUT2D eigenvalue weighted by Gasteiger charge is 2.26. The molecule has 1 N–H and O–H groups in total. The molecule has 31 heavy (non-hydrogen) atoms. The van der Waals surface area contributed by atoms with Crippen LogP contribution in [-0.4, -0.2) is 23.4 Å². The van der Waals surface area contributed by atoms with Gasteiger partial charge < -0.3 is 10.1 Å². The minimum atomic E-state index is -0.661. The highest BCUT2D eigenvalue weighted by atomic mass is 32.1. The number of aryl methyl sites for hydroxylation is 2. The fraction of sp³-hybridized carbons (Fsp3) is 0.217. The Bertz CT molecular complexity index is 1150. The van der Waals surface area contributed by atoms with Gasteiger partial charge >= 0.3 is 5.97 Å². The summed E-state index contributed by atoms with van der Waals surface area (Å²) in [6.07, 6.45) is 0.659. The van der Waals surface area contributed by atoms with Gasteiger partial charge in [-0.25, -0.2) is 4.79 Å². The maximum absolute atomic E-state index is 12.9. The SMILES string of the molecule is CCCOC(=O)c1c(-c2cc(C)ccc2C)csc1NC(=O)c1ccccc1[N+](=O)[O-]. The highest BCUT2D eigenvalue weighted by molar-refractivity contribution is 7.15. The summed E-state index contributed by atoms with van der Waals surface area (Å²) in [7, 11) is 0. The molecule has 0 saturated heterocycles. The second-order valence-electron chi connectivity index (χ2n) is 7.04. The van der Waals surface area contributed by atoms with Crippen molar-refractivity contribution < 1.29 is 19.2 Å². The summed E-state index contributed by atoms with van der Waals surface area (Å²) in [5.41, 5.74) is 3.40. The maximum atomic E-state index is 12.9. The van der Waals surface area contributed by atoms with Crippen LogP contribution in [0, 0.1) is 24.0 Å². The lowest BCUT2D eigenvalue weighted by Crippen LogP contribution is -2.16. The van der Waals surface area contributed by atoms with Gasteiger partial charge in [0.15, 0.2) is 0 Å². The fourth-order valence-corrected chi connectivity index (χ4v) is 4.08. The molecule has 0 aliphatic carbocycles. The number of amides is 1. The van der Waals surface area contributed by atoms with E-state index in [1.807, 2.05) is 39.0 Å². The van der Waals surface area contributed by atoms with Crippen LogP contribution in [0.5, 0.6) is 0 Å². The van der Waals surface area contributed by atoms with Crippen LogP contribution >= 0.6 is 11.3 Å². The number of esters is 1. The van der Waals surface area contributed by atoms with E-state index in [-0.39, 0.29) is 23.4 Å². The first-order valence-electron chi connectivity index (χ1n) is 9.74. The van der Waals surface area contributed by atoms with Crippen molar-refractivity contribution in [2.45, 2.75) is 27.2 Å². The number of para-hydroxylation sites is 1. The first-order valence-corrected chi connectivity index (χ1v) is 10.6. The van der Waals surface area contributed by atoms with Crippen molar-refractivity contribution >= 4 is 33.9 Å². The summed E-state index contributed by atoms with van der Waals surface area (Å²) in [4.78, 5) is 36.4. The molecule has 1 aromatic heterocycles. The number of nitro groups is 1. The third kappa shape index (κ3) is 4.80. The van der Waals surface area contributed by atoms with Gasteiger partial charge in [0.25, 0.3) is 11.6 Å². The Labute approximate surface area is 183 Å². The van der Waals surface area contributed by atoms with Crippen molar-refractivity contribution in [3.8, 4) is 11.1 Å². The van der Waals surface area contributed by atoms with Crippen molar-refractivity contribution in [3.05, 3.63) is 80.2 Å². The van der Waals surface area contributed by atoms with E-state index >= 15 is 0 Å². The third-order valence-corrected chi connectivity index (χ3v) is 5.58. The molecule has 3 aromatic rings. The molecule has 0 spiro atoms. The molecule has 0 aliphatic rings. The lowest BCUT2D eigenvalue weighted by molar-refractivity contribution is -0.385. The van der Waals surface area contributed by atoms with Gasteiger partial charge in [0.2, 0.25) is 0 Å². The first kappa shape index (κ1) is 22.2. The maximum Gasteiger partial charge on any atom is 0.341 e. The molecule has 2 aromatic carbocycles. The molecule has 1 heterocycles. The lowest BCUT2D eigenvalue weighted by atomic mass is 9.97. The molecule has 0 bridgehead atoms. The van der Waals surface area contributed by atoms with Crippen LogP contribution < -0.4 is 5.32 Å². The van der Waals surface area contributed by atoms with Crippen LogP contribution in [-0.2, 0) is 4.74 Å². The van der Waals surface area contributed by atoms with Gasteiger partial charge in [-0.1, -0.05) is 42.8 Å². The van der Waals surface area contributed by atoms with Gasteiger partial charge in [-0.2, -0.15) is 0 Å². The minimum absolute atomic E-state index is 0.0814. The van der Waals surface area contributed by atoms with E-state index in [4.69, 9.17) is 4.74 Å². The number of carbonyl (C=O) groups is 2. The van der Waals surface area contributed by atoms with Crippen molar-refractivity contribution in [2.24, 2.45) is 0 Å². The monoisotopic (exact) mass is 438 g/mol. The van der Waals surface area contributed by atoms with E-state index in [2.05, 4.69) is 5.32 Å². The summed E-state index contributed by atoms with van der Waals surface area (Å²) >= 11 is 1.18. The smallest absolute Gasteiger partial charge is 0.341 e. The number of hydrogen-bond donors (Lipinski definition) is 1. The number of thiophene rings is 1. The third-order valence-electron chi connectivity index (χ3n) is 4.69. The van der Waals surface area contributed by atoms with Crippen LogP contribution in [0.25, 0.3) is 11.1 Å². The molecule has 0 atom stereocenters. The fourth-order valence-electron chi connectivity index (χ4n) is 3.14. The van der Waals surface area contributed by atoms with Crippen LogP contribution in [0.4, 0.5) is 10.7 Å². The van der Waals surface area contributed by atoms with Crippen molar-refractivity contribution in [1.82, 2.24) is 0 Å². The molecule has 160 valence electrons. The van der Waals surface area contributed by atoms with Crippen LogP contribution in [0.3, 0.4) is 0 Å². The van der Waals surface area contributed by atoms with Gasteiger partial charge in [-0.3, -0.25) is 14.9 Å². The summed E-state index contributed by atoms with van der Waals surface area (Å²) in [6, 6.07) is 11.6. The first-order chi connectivity index (χ1) is 14.8. The number of anilines is 1. The molecular formula is C23H22N2O5S. The summed E-state index contributed by atoms with van der Waals surface area (Å²) in [6.45, 7) is 6.04. The molecule has 0 radical (unpaired) electrons. The van der Waals surface area contributed by atoms with Crippen molar-refractivity contribution in [1.29, 1.82) is 0 Å². The van der Waals surface area contributed by atoms with E-state index in [0.29, 0.717) is 17.0 Å². The van der Waals surface area contributed by atoms with Crippen molar-refractivity contribution in [3.63, 3.8) is 0 Å². The van der Waals surface area contributed by atoms with Gasteiger partial charge in [0.05, 0.1) is 11.5 Å². The number of carbonyl (C=O) groups excluding carboxylic acids is 2. The summed E-state index contributed by atoms with van der Waals surface area (Å²) < 4.78 is 5.37. The number of rotatable bonds is 7. The summed E-state index contributed by atoms with van der Waals surface area (Å²) in [5, 5.41) is 16.0. The predicted molar refractivity (Wildman–Crippen MR) is 121 cm³/mol. The Morgan fingerprint density at radius 1 is 1.13 bits per heavy atom. The molecule has 3 rings (SSSR count). The topological polar surface area (TPSA) is 98.5 Å². The number of hydrogen-bond acceptors (Lipinski definition) is 6. The Balaban J connectivity index is 2.06. The average Bonchev–Trinajstić information content (AvgIpc) is 3.16. The molecule has 0 fully saturated rings. The van der Waals surface area contributed by atoms with Crippen LogP contribution in [0.1, 0.15) is 45.2 Å². The van der Waals surface area contributed by atoms with E-state index in [0.717, 1.165) is 16.7 Å². The zero-order chi connectivity index (χ0) is 22.5. The number of ether oxygens (including phenoxy) is 1. The van der Waals surface area contributed by atoms with Gasteiger partial charge in [0, 0.05) is 17.0 Å². The molecule has 8 heteroatoms. The number of nitro benzene ring substituents is 1. The number of nitrogens with one attached hydrogen (secondary N) is 1. The molecule has 0 aliphatic heterocycles. The van der Waals surface area contributed by atoms with E-state index < -0.39 is 16.8 Å². The van der Waals surface area contributed by atoms with Gasteiger partial charge in [-0.15, -0.1) is 11.3 Å². The second kappa shape index (κ2) is 9.53. The molecule has 7 nitrogen and oxygen atoms in total. The number of nitrogens with zero attached hydrogens (tertiary/aromatic N) is 1. The zero-order valence-corrected chi connectivity index (χ0v) is 18.2. The van der Waals surface area contributed by atoms with Crippen LogP contribution in [0.2, 0.25) is 0 Å². The average molecular weight is 439 g/mol. The Kier molecular flexibility index (Phi) is 6.81. The van der Waals surface area contributed by atoms with E-state index in [1.165, 1.54) is 29.5 Å². The molecule has 0 saturated carbocycles. The van der Waals surface area contributed by atoms with Crippen molar-refractivity contribution in [2.75, 3.05) is 11.9 Å². The Morgan fingerprint density at radius 3 is 2.58 bits per heavy atom. The van der Waals surface area contributed by atoms with Gasteiger partial charge in [-0.05, 0) is 37.5 Å². The largest absolute Gasteiger partial charge is 0.462 e. The second-order valence-corrected chi connectivity index (χ2v) is 7.92. The quantitative estimate of drug-likeness (QED) is 0.287. The van der Waals surface area contributed by atoms with E-state index in [9.17, 15) is 19.7 Å². The highest BCUT2D eigenvalue weighted by Crippen LogP contribution is 2.38. The van der Waals surface area contributed by atoms with Crippen LogP contribution in [0.15, 0.2) is 47.8 Å².